The van der Waals surface area contributed by atoms with Gasteiger partial charge >= 0.3 is 0 Å². The van der Waals surface area contributed by atoms with Crippen molar-refractivity contribution in [3.63, 3.8) is 0 Å². The Hall–Kier alpha value is -4.32. The Kier molecular flexibility index (Phi) is 6.37. The monoisotopic (exact) mass is 527 g/mol. The fraction of sp³-hybridized carbons (Fsp3) is 0.400. The molecule has 2 aliphatic heterocycles. The molecule has 9 nitrogen and oxygen atoms in total. The molecule has 0 radical (unpaired) electrons. The number of ether oxygens (including phenoxy) is 1. The lowest BCUT2D eigenvalue weighted by atomic mass is 9.80. The van der Waals surface area contributed by atoms with E-state index in [9.17, 15) is 19.6 Å². The molecule has 1 aromatic heterocycles. The number of rotatable bonds is 5. The van der Waals surface area contributed by atoms with E-state index in [1.807, 2.05) is 63.2 Å². The number of likely N-dealkylation sites (N-methyl/N-ethyl adjacent to an activating group) is 1. The van der Waals surface area contributed by atoms with Gasteiger partial charge in [-0.15, -0.1) is 0 Å². The average molecular weight is 528 g/mol. The molecule has 3 amide bonds. The average Bonchev–Trinajstić information content (AvgIpc) is 3.60. The number of aromatic amines is 1. The molecule has 39 heavy (non-hydrogen) atoms. The number of methoxy groups -OCH3 is 1. The van der Waals surface area contributed by atoms with Crippen LogP contribution in [0.1, 0.15) is 49.7 Å². The summed E-state index contributed by atoms with van der Waals surface area (Å²) in [5.41, 5.74) is 1.31. The number of fused-ring (bicyclic) bond motifs is 3. The Balaban J connectivity index is 1.48. The van der Waals surface area contributed by atoms with Gasteiger partial charge in [0.05, 0.1) is 18.6 Å². The number of nitrogens with zero attached hydrogens (tertiary/aromatic N) is 3. The molecule has 1 fully saturated rings. The standard InChI is InChI=1S/C30H33N5O4/c1-29(2,3)15-24(34(4)26(36)23-13-19-21(32-23)11-8-12-25(19)39-5)27(37)35-17-30(14-18(35)16-31)20-9-6-7-10-22(20)33-28(30)38/h6-13,18,24,32H,14-15,17H2,1-5H3,(H,33,38)/t18?,24-,30-/m0/s1. The van der Waals surface area contributed by atoms with Crippen LogP contribution in [0, 0.1) is 16.7 Å². The number of carbonyl (C=O) groups is 3. The molecular formula is C30H33N5O4. The van der Waals surface area contributed by atoms with Gasteiger partial charge in [0.15, 0.2) is 0 Å². The first-order valence-corrected chi connectivity index (χ1v) is 13.0. The smallest absolute Gasteiger partial charge is 0.270 e. The van der Waals surface area contributed by atoms with Crippen LogP contribution in [0.3, 0.4) is 0 Å². The number of nitrogens with one attached hydrogen (secondary N) is 2. The summed E-state index contributed by atoms with van der Waals surface area (Å²) >= 11 is 0. The van der Waals surface area contributed by atoms with Gasteiger partial charge < -0.3 is 24.8 Å². The Morgan fingerprint density at radius 3 is 2.67 bits per heavy atom. The summed E-state index contributed by atoms with van der Waals surface area (Å²) in [6.07, 6.45) is 0.585. The molecule has 2 aliphatic rings. The highest BCUT2D eigenvalue weighted by Crippen LogP contribution is 2.46. The zero-order chi connectivity index (χ0) is 28.1. The molecule has 2 aromatic carbocycles. The number of carbonyl (C=O) groups excluding carboxylic acids is 3. The zero-order valence-corrected chi connectivity index (χ0v) is 22.9. The van der Waals surface area contributed by atoms with Gasteiger partial charge in [0.1, 0.15) is 23.5 Å². The SMILES string of the molecule is COc1cccc2[nH]c(C(=O)N(C)[C@@H](CC(C)(C)C)C(=O)N3C[C@]4(CC3C#N)C(=O)Nc3ccccc34)cc12. The molecule has 0 saturated carbocycles. The highest BCUT2D eigenvalue weighted by Gasteiger charge is 2.56. The molecule has 1 saturated heterocycles. The van der Waals surface area contributed by atoms with Crippen LogP contribution in [0.4, 0.5) is 5.69 Å². The summed E-state index contributed by atoms with van der Waals surface area (Å²) in [5.74, 6) is -0.248. The van der Waals surface area contributed by atoms with E-state index in [0.29, 0.717) is 23.6 Å². The van der Waals surface area contributed by atoms with Gasteiger partial charge in [-0.2, -0.15) is 5.26 Å². The van der Waals surface area contributed by atoms with E-state index in [1.54, 1.807) is 20.2 Å². The highest BCUT2D eigenvalue weighted by molar-refractivity contribution is 6.07. The number of anilines is 1. The number of H-pyrrole nitrogens is 1. The van der Waals surface area contributed by atoms with E-state index < -0.39 is 17.5 Å². The third kappa shape index (κ3) is 4.40. The van der Waals surface area contributed by atoms with Crippen molar-refractivity contribution in [1.82, 2.24) is 14.8 Å². The summed E-state index contributed by atoms with van der Waals surface area (Å²) < 4.78 is 5.43. The van der Waals surface area contributed by atoms with Crippen molar-refractivity contribution >= 4 is 34.3 Å². The maximum Gasteiger partial charge on any atom is 0.270 e. The van der Waals surface area contributed by atoms with E-state index in [4.69, 9.17) is 4.74 Å². The van der Waals surface area contributed by atoms with Crippen molar-refractivity contribution in [2.24, 2.45) is 5.41 Å². The van der Waals surface area contributed by atoms with Crippen molar-refractivity contribution in [3.05, 3.63) is 59.8 Å². The molecule has 9 heteroatoms. The fourth-order valence-corrected chi connectivity index (χ4v) is 5.90. The van der Waals surface area contributed by atoms with Crippen molar-refractivity contribution in [3.8, 4) is 11.8 Å². The highest BCUT2D eigenvalue weighted by atomic mass is 16.5. The second-order valence-electron chi connectivity index (χ2n) is 11.7. The first-order chi connectivity index (χ1) is 18.5. The first-order valence-electron chi connectivity index (χ1n) is 13.0. The number of benzene rings is 2. The summed E-state index contributed by atoms with van der Waals surface area (Å²) in [4.78, 5) is 47.3. The third-order valence-corrected chi connectivity index (χ3v) is 7.87. The Morgan fingerprint density at radius 1 is 1.23 bits per heavy atom. The number of hydrogen-bond acceptors (Lipinski definition) is 5. The van der Waals surface area contributed by atoms with Gasteiger partial charge in [-0.25, -0.2) is 0 Å². The second-order valence-corrected chi connectivity index (χ2v) is 11.7. The maximum absolute atomic E-state index is 14.2. The predicted molar refractivity (Wildman–Crippen MR) is 147 cm³/mol. The lowest BCUT2D eigenvalue weighted by Gasteiger charge is -2.35. The van der Waals surface area contributed by atoms with E-state index in [0.717, 1.165) is 16.5 Å². The number of amides is 3. The van der Waals surface area contributed by atoms with Crippen LogP contribution >= 0.6 is 0 Å². The number of likely N-dealkylation sites (tertiary alicyclic amines) is 1. The molecule has 3 atom stereocenters. The van der Waals surface area contributed by atoms with E-state index in [1.165, 1.54) is 9.80 Å². The van der Waals surface area contributed by atoms with Gasteiger partial charge in [0.2, 0.25) is 11.8 Å². The minimum absolute atomic E-state index is 0.0825. The Labute approximate surface area is 227 Å². The van der Waals surface area contributed by atoms with Crippen LogP contribution in [-0.2, 0) is 15.0 Å². The number of para-hydroxylation sites is 1. The minimum Gasteiger partial charge on any atom is -0.496 e. The lowest BCUT2D eigenvalue weighted by Crippen LogP contribution is -2.52. The molecule has 0 bridgehead atoms. The molecular weight excluding hydrogens is 494 g/mol. The minimum atomic E-state index is -0.991. The van der Waals surface area contributed by atoms with Gasteiger partial charge in [0.25, 0.3) is 5.91 Å². The van der Waals surface area contributed by atoms with Crippen LogP contribution in [0.5, 0.6) is 5.75 Å². The summed E-state index contributed by atoms with van der Waals surface area (Å²) in [6, 6.07) is 15.3. The molecule has 5 rings (SSSR count). The van der Waals surface area contributed by atoms with Crippen molar-refractivity contribution in [2.75, 3.05) is 26.0 Å². The second kappa shape index (κ2) is 9.45. The fourth-order valence-electron chi connectivity index (χ4n) is 5.90. The first kappa shape index (κ1) is 26.3. The van der Waals surface area contributed by atoms with E-state index in [2.05, 4.69) is 16.4 Å². The normalized spacial score (nSPS) is 21.0. The molecule has 2 N–H and O–H groups in total. The molecule has 1 spiro atoms. The van der Waals surface area contributed by atoms with Gasteiger partial charge in [-0.05, 0) is 41.7 Å². The number of nitriles is 1. The third-order valence-electron chi connectivity index (χ3n) is 7.87. The zero-order valence-electron chi connectivity index (χ0n) is 22.9. The lowest BCUT2D eigenvalue weighted by molar-refractivity contribution is -0.137. The number of hydrogen-bond donors (Lipinski definition) is 2. The summed E-state index contributed by atoms with van der Waals surface area (Å²) in [6.45, 7) is 6.10. The van der Waals surface area contributed by atoms with Crippen molar-refractivity contribution in [1.29, 1.82) is 5.26 Å². The quantitative estimate of drug-likeness (QED) is 0.519. The van der Waals surface area contributed by atoms with Crippen LogP contribution < -0.4 is 10.1 Å². The topological polar surface area (TPSA) is 119 Å². The predicted octanol–water partition coefficient (Wildman–Crippen LogP) is 4.07. The summed E-state index contributed by atoms with van der Waals surface area (Å²) in [7, 11) is 3.19. The molecule has 3 heterocycles. The number of aromatic nitrogens is 1. The largest absolute Gasteiger partial charge is 0.496 e. The van der Waals surface area contributed by atoms with Crippen molar-refractivity contribution < 1.29 is 19.1 Å². The van der Waals surface area contributed by atoms with E-state index >= 15 is 0 Å². The Morgan fingerprint density at radius 2 is 1.97 bits per heavy atom. The van der Waals surface area contributed by atoms with Crippen LogP contribution in [-0.4, -0.2) is 65.3 Å². The van der Waals surface area contributed by atoms with Crippen LogP contribution in [0.2, 0.25) is 0 Å². The van der Waals surface area contributed by atoms with Crippen molar-refractivity contribution in [2.45, 2.75) is 51.1 Å². The molecule has 1 unspecified atom stereocenters. The molecule has 202 valence electrons. The van der Waals surface area contributed by atoms with Gasteiger partial charge in [-0.3, -0.25) is 14.4 Å². The summed E-state index contributed by atoms with van der Waals surface area (Å²) in [5, 5.41) is 13.8. The molecule has 3 aromatic rings. The maximum atomic E-state index is 14.2. The van der Waals surface area contributed by atoms with Gasteiger partial charge in [-0.1, -0.05) is 45.0 Å². The van der Waals surface area contributed by atoms with E-state index in [-0.39, 0.29) is 36.1 Å². The Bertz CT molecular complexity index is 1510. The van der Waals surface area contributed by atoms with Gasteiger partial charge in [0, 0.05) is 36.6 Å². The van der Waals surface area contributed by atoms with Crippen LogP contribution in [0.25, 0.3) is 10.9 Å². The van der Waals surface area contributed by atoms with Crippen LogP contribution in [0.15, 0.2) is 48.5 Å². The molecule has 0 aliphatic carbocycles.